The lowest BCUT2D eigenvalue weighted by atomic mass is 10.1. The van der Waals surface area contributed by atoms with Crippen LogP contribution in [0.4, 0.5) is 5.13 Å². The summed E-state index contributed by atoms with van der Waals surface area (Å²) in [6.45, 7) is 1.25. The maximum absolute atomic E-state index is 12.8. The van der Waals surface area contributed by atoms with Crippen LogP contribution in [0, 0.1) is 5.92 Å². The number of nitrogens with zero attached hydrogens (tertiary/aromatic N) is 2. The van der Waals surface area contributed by atoms with Crippen LogP contribution in [-0.2, 0) is 29.0 Å². The normalized spacial score (nSPS) is 16.4. The minimum absolute atomic E-state index is 0.0772. The first-order valence-corrected chi connectivity index (χ1v) is 10.1. The number of thiazole rings is 1. The molecule has 3 aromatic rings. The van der Waals surface area contributed by atoms with E-state index in [-0.39, 0.29) is 17.7 Å². The Kier molecular flexibility index (Phi) is 3.97. The molecule has 7 heteroatoms. The number of hydrogen-bond donors (Lipinski definition) is 2. The first kappa shape index (κ1) is 16.5. The van der Waals surface area contributed by atoms with E-state index in [1.54, 1.807) is 0 Å². The molecular weight excluding hydrogens is 360 g/mol. The summed E-state index contributed by atoms with van der Waals surface area (Å²) < 4.78 is 0. The van der Waals surface area contributed by atoms with Crippen LogP contribution in [0.2, 0.25) is 0 Å². The molecule has 0 unspecified atom stereocenters. The first-order valence-electron chi connectivity index (χ1n) is 9.29. The van der Waals surface area contributed by atoms with Crippen molar-refractivity contribution >= 4 is 39.2 Å². The first-order chi connectivity index (χ1) is 13.2. The van der Waals surface area contributed by atoms with E-state index in [4.69, 9.17) is 0 Å². The largest absolute Gasteiger partial charge is 0.361 e. The van der Waals surface area contributed by atoms with E-state index in [1.807, 2.05) is 35.4 Å². The highest BCUT2D eigenvalue weighted by molar-refractivity contribution is 7.15. The van der Waals surface area contributed by atoms with E-state index in [0.717, 1.165) is 46.3 Å². The van der Waals surface area contributed by atoms with Crippen LogP contribution in [0.1, 0.15) is 29.0 Å². The zero-order chi connectivity index (χ0) is 18.4. The van der Waals surface area contributed by atoms with Crippen LogP contribution in [0.5, 0.6) is 0 Å². The second-order valence-corrected chi connectivity index (χ2v) is 8.34. The molecule has 2 aliphatic rings. The molecule has 1 aliphatic heterocycles. The summed E-state index contributed by atoms with van der Waals surface area (Å²) in [4.78, 5) is 35.5. The summed E-state index contributed by atoms with van der Waals surface area (Å²) in [5, 5.41) is 4.69. The summed E-state index contributed by atoms with van der Waals surface area (Å²) in [7, 11) is 0. The molecule has 0 saturated heterocycles. The molecule has 2 N–H and O–H groups in total. The molecule has 27 heavy (non-hydrogen) atoms. The Hall–Kier alpha value is -2.67. The summed E-state index contributed by atoms with van der Waals surface area (Å²) in [6, 6.07) is 8.04. The Morgan fingerprint density at radius 2 is 2.15 bits per heavy atom. The highest BCUT2D eigenvalue weighted by Gasteiger charge is 2.31. The lowest BCUT2D eigenvalue weighted by Crippen LogP contribution is -2.36. The molecule has 1 aliphatic carbocycles. The molecule has 3 heterocycles. The number of fused-ring (bicyclic) bond motifs is 2. The average Bonchev–Trinajstić information content (AvgIpc) is 3.34. The lowest BCUT2D eigenvalue weighted by molar-refractivity contribution is -0.131. The number of carbonyl (C=O) groups excluding carboxylic acids is 2. The third-order valence-electron chi connectivity index (χ3n) is 5.28. The molecule has 138 valence electrons. The van der Waals surface area contributed by atoms with Crippen molar-refractivity contribution in [3.8, 4) is 0 Å². The predicted molar refractivity (Wildman–Crippen MR) is 105 cm³/mol. The van der Waals surface area contributed by atoms with Gasteiger partial charge >= 0.3 is 0 Å². The van der Waals surface area contributed by atoms with Crippen LogP contribution in [0.3, 0.4) is 0 Å². The predicted octanol–water partition coefficient (Wildman–Crippen LogP) is 3.10. The van der Waals surface area contributed by atoms with Gasteiger partial charge in [0.2, 0.25) is 11.8 Å². The van der Waals surface area contributed by atoms with Crippen LogP contribution in [0.25, 0.3) is 10.9 Å². The van der Waals surface area contributed by atoms with Gasteiger partial charge in [0.1, 0.15) is 0 Å². The maximum atomic E-state index is 12.8. The summed E-state index contributed by atoms with van der Waals surface area (Å²) in [5.74, 6) is 0.371. The van der Waals surface area contributed by atoms with Crippen molar-refractivity contribution < 1.29 is 9.59 Å². The number of anilines is 1. The van der Waals surface area contributed by atoms with Gasteiger partial charge in [0, 0.05) is 40.9 Å². The van der Waals surface area contributed by atoms with Crippen molar-refractivity contribution in [3.63, 3.8) is 0 Å². The topological polar surface area (TPSA) is 78.1 Å². The molecule has 0 spiro atoms. The van der Waals surface area contributed by atoms with E-state index in [9.17, 15) is 9.59 Å². The van der Waals surface area contributed by atoms with Crippen molar-refractivity contribution in [1.29, 1.82) is 0 Å². The van der Waals surface area contributed by atoms with Crippen molar-refractivity contribution in [3.05, 3.63) is 46.6 Å². The average molecular weight is 380 g/mol. The van der Waals surface area contributed by atoms with Crippen LogP contribution in [0.15, 0.2) is 30.5 Å². The van der Waals surface area contributed by atoms with Crippen LogP contribution >= 0.6 is 11.3 Å². The number of carbonyl (C=O) groups is 2. The van der Waals surface area contributed by atoms with E-state index in [2.05, 4.69) is 15.3 Å². The zero-order valence-corrected chi connectivity index (χ0v) is 15.6. The van der Waals surface area contributed by atoms with Gasteiger partial charge in [-0.25, -0.2) is 4.98 Å². The number of nitrogens with one attached hydrogen (secondary N) is 2. The third kappa shape index (κ3) is 3.23. The molecule has 2 aromatic heterocycles. The highest BCUT2D eigenvalue weighted by Crippen LogP contribution is 2.33. The monoisotopic (exact) mass is 380 g/mol. The third-order valence-corrected chi connectivity index (χ3v) is 6.28. The van der Waals surface area contributed by atoms with Crippen molar-refractivity contribution in [1.82, 2.24) is 14.9 Å². The Bertz CT molecular complexity index is 1030. The number of amides is 2. The van der Waals surface area contributed by atoms with Gasteiger partial charge in [-0.1, -0.05) is 29.5 Å². The van der Waals surface area contributed by atoms with Gasteiger partial charge in [0.15, 0.2) is 5.13 Å². The molecule has 6 nitrogen and oxygen atoms in total. The van der Waals surface area contributed by atoms with Gasteiger partial charge < -0.3 is 15.2 Å². The second kappa shape index (κ2) is 6.49. The number of para-hydroxylation sites is 1. The van der Waals surface area contributed by atoms with Gasteiger partial charge in [-0.3, -0.25) is 9.59 Å². The Labute approximate surface area is 160 Å². The molecule has 0 radical (unpaired) electrons. The van der Waals surface area contributed by atoms with Crippen molar-refractivity contribution in [2.45, 2.75) is 32.2 Å². The Morgan fingerprint density at radius 1 is 1.30 bits per heavy atom. The van der Waals surface area contributed by atoms with E-state index >= 15 is 0 Å². The highest BCUT2D eigenvalue weighted by atomic mass is 32.1. The SMILES string of the molecule is O=C(Nc1nc2c(s1)CN(C(=O)Cc1c[nH]c3ccccc13)CC2)C1CC1. The van der Waals surface area contributed by atoms with Gasteiger partial charge in [-0.15, -0.1) is 0 Å². The van der Waals surface area contributed by atoms with Gasteiger partial charge in [0.05, 0.1) is 18.7 Å². The van der Waals surface area contributed by atoms with Gasteiger partial charge in [0.25, 0.3) is 0 Å². The van der Waals surface area contributed by atoms with E-state index < -0.39 is 0 Å². The Balaban J connectivity index is 1.28. The van der Waals surface area contributed by atoms with Crippen molar-refractivity contribution in [2.24, 2.45) is 5.92 Å². The maximum Gasteiger partial charge on any atom is 0.229 e. The van der Waals surface area contributed by atoms with E-state index in [0.29, 0.717) is 24.6 Å². The molecule has 5 rings (SSSR count). The Morgan fingerprint density at radius 3 is 3.00 bits per heavy atom. The van der Waals surface area contributed by atoms with Crippen molar-refractivity contribution in [2.75, 3.05) is 11.9 Å². The standard InChI is InChI=1S/C20H20N4O2S/c25-18(9-13-10-21-15-4-2-1-3-14(13)15)24-8-7-16-17(11-24)27-20(22-16)23-19(26)12-5-6-12/h1-4,10,12,21H,5-9,11H2,(H,22,23,26). The number of benzene rings is 1. The fraction of sp³-hybridized carbons (Fsp3) is 0.350. The number of aromatic nitrogens is 2. The number of hydrogen-bond acceptors (Lipinski definition) is 4. The molecule has 1 saturated carbocycles. The quantitative estimate of drug-likeness (QED) is 0.730. The molecular formula is C20H20N4O2S. The molecule has 1 aromatic carbocycles. The summed E-state index contributed by atoms with van der Waals surface area (Å²) in [5.41, 5.74) is 3.10. The van der Waals surface area contributed by atoms with Gasteiger partial charge in [-0.05, 0) is 24.5 Å². The smallest absolute Gasteiger partial charge is 0.229 e. The molecule has 0 bridgehead atoms. The summed E-state index contributed by atoms with van der Waals surface area (Å²) >= 11 is 1.50. The lowest BCUT2D eigenvalue weighted by Gasteiger charge is -2.26. The second-order valence-electron chi connectivity index (χ2n) is 7.25. The summed E-state index contributed by atoms with van der Waals surface area (Å²) in [6.07, 6.45) is 5.02. The number of aromatic amines is 1. The van der Waals surface area contributed by atoms with E-state index in [1.165, 1.54) is 11.3 Å². The minimum Gasteiger partial charge on any atom is -0.361 e. The molecule has 2 amide bonds. The molecule has 1 fully saturated rings. The number of rotatable bonds is 4. The molecule has 0 atom stereocenters. The number of H-pyrrole nitrogens is 1. The van der Waals surface area contributed by atoms with Crippen LogP contribution < -0.4 is 5.32 Å². The minimum atomic E-state index is 0.0772. The fourth-order valence-corrected chi connectivity index (χ4v) is 4.59. The zero-order valence-electron chi connectivity index (χ0n) is 14.8. The fourth-order valence-electron chi connectivity index (χ4n) is 3.57. The van der Waals surface area contributed by atoms with Gasteiger partial charge in [-0.2, -0.15) is 0 Å². The van der Waals surface area contributed by atoms with Crippen LogP contribution in [-0.4, -0.2) is 33.2 Å².